The highest BCUT2D eigenvalue weighted by atomic mass is 32.1. The van der Waals surface area contributed by atoms with E-state index in [1.54, 1.807) is 62.3 Å². The van der Waals surface area contributed by atoms with Gasteiger partial charge < -0.3 is 45.6 Å². The summed E-state index contributed by atoms with van der Waals surface area (Å²) >= 11 is 1.01. The topological polar surface area (TPSA) is 220 Å². The number of carbonyl (C=O) groups excluding carboxylic acids is 5. The quantitative estimate of drug-likeness (QED) is 0.0384. The Morgan fingerprint density at radius 2 is 1.41 bits per heavy atom. The fraction of sp³-hybridized carbons (Fsp3) is 0.710. The molecule has 1 aromatic rings. The average Bonchev–Trinajstić information content (AvgIpc) is 3.37. The van der Waals surface area contributed by atoms with Crippen LogP contribution in [0.15, 0.2) is 10.5 Å². The van der Waals surface area contributed by atoms with Crippen LogP contribution in [0.1, 0.15) is 81.9 Å². The van der Waals surface area contributed by atoms with Crippen LogP contribution in [0.3, 0.4) is 0 Å². The fourth-order valence-electron chi connectivity index (χ4n) is 3.75. The predicted molar refractivity (Wildman–Crippen MR) is 183 cm³/mol. The maximum atomic E-state index is 13.5. The zero-order valence-corrected chi connectivity index (χ0v) is 31.1. The van der Waals surface area contributed by atoms with Crippen LogP contribution < -0.4 is 31.9 Å². The van der Waals surface area contributed by atoms with Gasteiger partial charge in [-0.25, -0.2) is 19.4 Å². The molecule has 1 fully saturated rings. The number of nitrogens with zero attached hydrogens (tertiary/aromatic N) is 2. The van der Waals surface area contributed by atoms with Gasteiger partial charge in [0.15, 0.2) is 10.8 Å². The standard InChI is InChI=1S/C31H52N8O9S/c1-28(2,3)45-24(42)31(10,11)48-39-21(19-17-49-25(36-19)38-27(44)47-30(7,8)9)23(41)37-20-18(35-22(20)40)16-33-13-12-32-14-15-34-26(43)46-29(4,5)6/h17-18,20,32-33H,12-16H2,1-11H3,(H,34,43)(H,35,40)(H,37,41)(H,36,38,44)/b39-21-/t18-,20+/m1/s1. The molecule has 1 aliphatic rings. The maximum absolute atomic E-state index is 13.5. The highest BCUT2D eigenvalue weighted by Gasteiger charge is 2.41. The molecule has 2 atom stereocenters. The summed E-state index contributed by atoms with van der Waals surface area (Å²) in [6.45, 7) is 20.9. The molecule has 49 heavy (non-hydrogen) atoms. The van der Waals surface area contributed by atoms with Crippen molar-refractivity contribution in [2.75, 3.05) is 38.0 Å². The molecule has 0 aliphatic carbocycles. The lowest BCUT2D eigenvalue weighted by Crippen LogP contribution is -2.72. The number of thiazole rings is 1. The van der Waals surface area contributed by atoms with Gasteiger partial charge >= 0.3 is 18.2 Å². The SMILES string of the molecule is CC(C)(C)OC(=O)NCCNCCNC[C@H]1NC(=O)[C@H]1NC(=O)/C(=N\OC(C)(C)C(=O)OC(C)(C)C)c1csc(NC(=O)OC(C)(C)C)n1. The van der Waals surface area contributed by atoms with Crippen molar-refractivity contribution in [2.45, 2.75) is 111 Å². The third-order valence-corrected chi connectivity index (χ3v) is 6.69. The summed E-state index contributed by atoms with van der Waals surface area (Å²) in [4.78, 5) is 72.5. The molecule has 2 heterocycles. The summed E-state index contributed by atoms with van der Waals surface area (Å²) in [7, 11) is 0. The van der Waals surface area contributed by atoms with Crippen molar-refractivity contribution in [2.24, 2.45) is 5.16 Å². The Balaban J connectivity index is 2.03. The normalized spacial score (nSPS) is 16.9. The average molecular weight is 713 g/mol. The van der Waals surface area contributed by atoms with E-state index in [1.165, 1.54) is 19.2 Å². The number of hydrogen-bond acceptors (Lipinski definition) is 14. The van der Waals surface area contributed by atoms with Gasteiger partial charge in [-0.05, 0) is 76.2 Å². The molecule has 6 N–H and O–H groups in total. The van der Waals surface area contributed by atoms with Crippen LogP contribution in [0.2, 0.25) is 0 Å². The first-order chi connectivity index (χ1) is 22.5. The lowest BCUT2D eigenvalue weighted by Gasteiger charge is -2.37. The van der Waals surface area contributed by atoms with Crippen LogP contribution in [-0.2, 0) is 33.4 Å². The number of hydrogen-bond donors (Lipinski definition) is 6. The van der Waals surface area contributed by atoms with E-state index >= 15 is 0 Å². The first-order valence-corrected chi connectivity index (χ1v) is 16.8. The molecule has 0 saturated carbocycles. The summed E-state index contributed by atoms with van der Waals surface area (Å²) < 4.78 is 15.9. The van der Waals surface area contributed by atoms with Crippen molar-refractivity contribution in [3.8, 4) is 0 Å². The first-order valence-electron chi connectivity index (χ1n) is 15.9. The molecule has 1 aliphatic heterocycles. The number of esters is 1. The molecule has 2 rings (SSSR count). The molecule has 0 bridgehead atoms. The van der Waals surface area contributed by atoms with E-state index in [9.17, 15) is 24.0 Å². The molecular weight excluding hydrogens is 660 g/mol. The second kappa shape index (κ2) is 17.1. The van der Waals surface area contributed by atoms with E-state index in [1.807, 2.05) is 0 Å². The molecule has 0 spiro atoms. The molecule has 276 valence electrons. The van der Waals surface area contributed by atoms with Crippen LogP contribution in [0.5, 0.6) is 0 Å². The van der Waals surface area contributed by atoms with Gasteiger partial charge in [0.2, 0.25) is 11.5 Å². The van der Waals surface area contributed by atoms with Crippen LogP contribution in [0.4, 0.5) is 14.7 Å². The van der Waals surface area contributed by atoms with Gasteiger partial charge in [0.1, 0.15) is 28.5 Å². The number of rotatable bonds is 15. The smallest absolute Gasteiger partial charge is 0.413 e. The number of aromatic nitrogens is 1. The Bertz CT molecular complexity index is 1360. The van der Waals surface area contributed by atoms with Gasteiger partial charge in [-0.1, -0.05) is 5.16 Å². The van der Waals surface area contributed by atoms with Crippen LogP contribution in [0, 0.1) is 0 Å². The van der Waals surface area contributed by atoms with E-state index in [-0.39, 0.29) is 16.5 Å². The highest BCUT2D eigenvalue weighted by Crippen LogP contribution is 2.21. The zero-order chi connectivity index (χ0) is 37.2. The minimum atomic E-state index is -1.59. The number of β-lactam (4-membered cyclic amide) rings is 1. The van der Waals surface area contributed by atoms with Crippen LogP contribution >= 0.6 is 11.3 Å². The van der Waals surface area contributed by atoms with Crippen molar-refractivity contribution >= 4 is 52.2 Å². The zero-order valence-electron chi connectivity index (χ0n) is 30.2. The Kier molecular flexibility index (Phi) is 14.3. The lowest BCUT2D eigenvalue weighted by molar-refractivity contribution is -0.179. The van der Waals surface area contributed by atoms with Crippen LogP contribution in [-0.4, -0.2) is 108 Å². The minimum absolute atomic E-state index is 0.0233. The summed E-state index contributed by atoms with van der Waals surface area (Å²) in [6.07, 6.45) is -1.23. The molecule has 0 aromatic carbocycles. The van der Waals surface area contributed by atoms with Gasteiger partial charge in [-0.2, -0.15) is 0 Å². The van der Waals surface area contributed by atoms with Crippen molar-refractivity contribution in [1.29, 1.82) is 0 Å². The highest BCUT2D eigenvalue weighted by molar-refractivity contribution is 7.14. The van der Waals surface area contributed by atoms with E-state index < -0.39 is 64.5 Å². The number of carbonyl (C=O) groups is 5. The Morgan fingerprint density at radius 3 is 2.00 bits per heavy atom. The second-order valence-electron chi connectivity index (χ2n) is 14.7. The molecule has 18 heteroatoms. The van der Waals surface area contributed by atoms with E-state index in [4.69, 9.17) is 19.0 Å². The maximum Gasteiger partial charge on any atom is 0.413 e. The minimum Gasteiger partial charge on any atom is -0.457 e. The third kappa shape index (κ3) is 15.4. The van der Waals surface area contributed by atoms with E-state index in [0.717, 1.165) is 11.3 Å². The number of alkyl carbamates (subject to hydrolysis) is 1. The monoisotopic (exact) mass is 712 g/mol. The van der Waals surface area contributed by atoms with Gasteiger partial charge in [-0.15, -0.1) is 11.3 Å². The van der Waals surface area contributed by atoms with Gasteiger partial charge in [0.05, 0.1) is 6.04 Å². The lowest BCUT2D eigenvalue weighted by atomic mass is 9.98. The molecule has 0 radical (unpaired) electrons. The van der Waals surface area contributed by atoms with E-state index in [2.05, 4.69) is 42.0 Å². The number of nitrogens with one attached hydrogen (secondary N) is 6. The summed E-state index contributed by atoms with van der Waals surface area (Å²) in [5.74, 6) is -1.91. The molecule has 1 aromatic heterocycles. The molecule has 0 unspecified atom stereocenters. The molecular formula is C31H52N8O9S. The Hall–Kier alpha value is -4.03. The number of anilines is 1. The van der Waals surface area contributed by atoms with Gasteiger partial charge in [-0.3, -0.25) is 14.9 Å². The van der Waals surface area contributed by atoms with Gasteiger partial charge in [0.25, 0.3) is 5.91 Å². The summed E-state index contributed by atoms with van der Waals surface area (Å²) in [5, 5.41) is 22.5. The summed E-state index contributed by atoms with van der Waals surface area (Å²) in [6, 6.07) is -1.32. The molecule has 1 saturated heterocycles. The summed E-state index contributed by atoms with van der Waals surface area (Å²) in [5.41, 5.74) is -4.01. The second-order valence-corrected chi connectivity index (χ2v) is 15.5. The Morgan fingerprint density at radius 1 is 0.837 bits per heavy atom. The predicted octanol–water partition coefficient (Wildman–Crippen LogP) is 2.02. The largest absolute Gasteiger partial charge is 0.457 e. The van der Waals surface area contributed by atoms with Gasteiger partial charge in [0, 0.05) is 38.1 Å². The third-order valence-electron chi connectivity index (χ3n) is 5.94. The van der Waals surface area contributed by atoms with Crippen molar-refractivity contribution in [3.05, 3.63) is 11.1 Å². The molecule has 4 amide bonds. The van der Waals surface area contributed by atoms with E-state index in [0.29, 0.717) is 32.7 Å². The van der Waals surface area contributed by atoms with Crippen molar-refractivity contribution in [1.82, 2.24) is 31.6 Å². The first kappa shape index (κ1) is 41.1. The van der Waals surface area contributed by atoms with Crippen LogP contribution in [0.25, 0.3) is 0 Å². The number of amides is 4. The van der Waals surface area contributed by atoms with Crippen molar-refractivity contribution in [3.63, 3.8) is 0 Å². The molecule has 17 nitrogen and oxygen atoms in total. The fourth-order valence-corrected chi connectivity index (χ4v) is 4.43. The number of ether oxygens (including phenoxy) is 3. The Labute approximate surface area is 291 Å². The number of oxime groups is 1. The van der Waals surface area contributed by atoms with Crippen molar-refractivity contribution < 1.29 is 43.0 Å².